The molecule has 0 amide bonds. The molecule has 0 spiro atoms. The van der Waals surface area contributed by atoms with Crippen LogP contribution in [0.5, 0.6) is 0 Å². The summed E-state index contributed by atoms with van der Waals surface area (Å²) in [5.41, 5.74) is 0. The third-order valence-corrected chi connectivity index (χ3v) is 10.4. The van der Waals surface area contributed by atoms with Crippen molar-refractivity contribution in [2.45, 2.75) is 27.7 Å². The first-order valence-electron chi connectivity index (χ1n) is 6.38. The molecule has 0 aliphatic heterocycles. The van der Waals surface area contributed by atoms with Gasteiger partial charge >= 0.3 is 112 Å². The molecular weight excluding hydrogens is 270 g/mol. The summed E-state index contributed by atoms with van der Waals surface area (Å²) < 4.78 is 28.2. The van der Waals surface area contributed by atoms with E-state index in [0.29, 0.717) is 11.8 Å². The molecule has 0 aromatic heterocycles. The molecule has 4 nitrogen and oxygen atoms in total. The van der Waals surface area contributed by atoms with Gasteiger partial charge in [-0.05, 0) is 0 Å². The molecular formula is C12H30O4P2. The molecule has 0 heterocycles. The van der Waals surface area contributed by atoms with Gasteiger partial charge in [0.1, 0.15) is 0 Å². The second-order valence-electron chi connectivity index (χ2n) is 6.61. The average Bonchev–Trinajstić information content (AvgIpc) is 2.12. The van der Waals surface area contributed by atoms with E-state index in [2.05, 4.69) is 41.0 Å². The number of phosphoric ester groups is 1. The van der Waals surface area contributed by atoms with E-state index in [4.69, 9.17) is 13.4 Å². The first-order valence-corrected chi connectivity index (χ1v) is 11.3. The fraction of sp³-hybridized carbons (Fsp3) is 1.00. The Hall–Kier alpha value is 0.540. The van der Waals surface area contributed by atoms with E-state index in [0.717, 1.165) is 12.3 Å². The summed E-state index contributed by atoms with van der Waals surface area (Å²) in [6.45, 7) is 10.3. The van der Waals surface area contributed by atoms with Gasteiger partial charge in [0.2, 0.25) is 0 Å². The van der Waals surface area contributed by atoms with Gasteiger partial charge in [0.25, 0.3) is 0 Å². The van der Waals surface area contributed by atoms with Gasteiger partial charge in [0, 0.05) is 0 Å². The van der Waals surface area contributed by atoms with Gasteiger partial charge in [-0.2, -0.15) is 0 Å². The second-order valence-corrected chi connectivity index (χ2v) is 14.7. The predicted molar refractivity (Wildman–Crippen MR) is 80.9 cm³/mol. The summed E-state index contributed by atoms with van der Waals surface area (Å²) in [4.78, 5) is 0. The number of hydrogen-bond acceptors (Lipinski definition) is 4. The van der Waals surface area contributed by atoms with E-state index in [1.165, 1.54) is 14.2 Å². The zero-order valence-corrected chi connectivity index (χ0v) is 14.9. The molecule has 0 fully saturated rings. The van der Waals surface area contributed by atoms with Crippen molar-refractivity contribution >= 4 is 14.7 Å². The van der Waals surface area contributed by atoms with Crippen LogP contribution in [-0.4, -0.2) is 39.9 Å². The molecule has 0 aliphatic rings. The van der Waals surface area contributed by atoms with E-state index in [1.807, 2.05) is 0 Å². The molecule has 0 aromatic carbocycles. The molecule has 112 valence electrons. The van der Waals surface area contributed by atoms with Gasteiger partial charge in [-0.25, -0.2) is 0 Å². The zero-order valence-electron chi connectivity index (χ0n) is 13.1. The number of hydrogen-bond donors (Lipinski definition) is 0. The van der Waals surface area contributed by atoms with Crippen molar-refractivity contribution in [2.75, 3.05) is 39.9 Å². The van der Waals surface area contributed by atoms with Crippen LogP contribution in [0.25, 0.3) is 0 Å². The Morgan fingerprint density at radius 1 is 0.944 bits per heavy atom. The average molecular weight is 300 g/mol. The van der Waals surface area contributed by atoms with Crippen molar-refractivity contribution in [3.8, 4) is 0 Å². The molecule has 0 rings (SSSR count). The Balaban J connectivity index is 5.28. The van der Waals surface area contributed by atoms with Gasteiger partial charge in [0.05, 0.1) is 0 Å². The molecule has 18 heavy (non-hydrogen) atoms. The van der Waals surface area contributed by atoms with Gasteiger partial charge in [0.15, 0.2) is 0 Å². The first-order chi connectivity index (χ1) is 7.94. The van der Waals surface area contributed by atoms with E-state index < -0.39 is 14.7 Å². The van der Waals surface area contributed by atoms with Crippen LogP contribution in [0.1, 0.15) is 27.7 Å². The summed E-state index contributed by atoms with van der Waals surface area (Å²) in [7, 11) is -0.689. The fourth-order valence-electron chi connectivity index (χ4n) is 2.90. The minimum atomic E-state index is -3.42. The molecule has 0 aromatic rings. The van der Waals surface area contributed by atoms with Gasteiger partial charge in [-0.15, -0.1) is 0 Å². The van der Waals surface area contributed by atoms with Crippen LogP contribution in [-0.2, 0) is 17.9 Å². The molecule has 0 N–H and O–H groups in total. The van der Waals surface area contributed by atoms with Crippen molar-refractivity contribution in [2.24, 2.45) is 11.8 Å². The van der Waals surface area contributed by atoms with Gasteiger partial charge < -0.3 is 0 Å². The molecule has 0 saturated heterocycles. The Morgan fingerprint density at radius 3 is 1.50 bits per heavy atom. The minimum absolute atomic E-state index is 0.485. The summed E-state index contributed by atoms with van der Waals surface area (Å²) in [6.07, 6.45) is 1.83. The van der Waals surface area contributed by atoms with Crippen LogP contribution in [0.3, 0.4) is 0 Å². The standard InChI is InChI=1S/C12H30O4P2/c1-11(2)9-18(7,8,10-12(3)4)16-17(13,14-5)15-6/h11-12H,9-10H2,1-8H3. The quantitative estimate of drug-likeness (QED) is 0.621. The summed E-state index contributed by atoms with van der Waals surface area (Å²) >= 11 is 0. The maximum atomic E-state index is 12.3. The molecule has 0 atom stereocenters. The van der Waals surface area contributed by atoms with Crippen LogP contribution in [0.15, 0.2) is 0 Å². The van der Waals surface area contributed by atoms with Crippen molar-refractivity contribution in [3.05, 3.63) is 0 Å². The predicted octanol–water partition coefficient (Wildman–Crippen LogP) is 4.44. The van der Waals surface area contributed by atoms with Crippen LogP contribution in [0.2, 0.25) is 0 Å². The molecule has 0 saturated carbocycles. The number of phosphoric acid groups is 1. The summed E-state index contributed by atoms with van der Waals surface area (Å²) in [5, 5.41) is 0. The van der Waals surface area contributed by atoms with Crippen LogP contribution < -0.4 is 0 Å². The molecule has 0 unspecified atom stereocenters. The summed E-state index contributed by atoms with van der Waals surface area (Å²) in [6, 6.07) is 0. The van der Waals surface area contributed by atoms with E-state index in [1.54, 1.807) is 0 Å². The Bertz CT molecular complexity index is 291. The van der Waals surface area contributed by atoms with Crippen LogP contribution >= 0.6 is 14.7 Å². The van der Waals surface area contributed by atoms with Crippen LogP contribution in [0.4, 0.5) is 0 Å². The van der Waals surface area contributed by atoms with E-state index in [9.17, 15) is 4.57 Å². The van der Waals surface area contributed by atoms with E-state index >= 15 is 0 Å². The molecule has 0 aliphatic carbocycles. The normalized spacial score (nSPS) is 16.0. The van der Waals surface area contributed by atoms with Crippen molar-refractivity contribution < 1.29 is 17.9 Å². The van der Waals surface area contributed by atoms with E-state index in [-0.39, 0.29) is 0 Å². The second kappa shape index (κ2) is 6.33. The molecule has 6 heteroatoms. The van der Waals surface area contributed by atoms with Crippen molar-refractivity contribution in [1.29, 1.82) is 0 Å². The monoisotopic (exact) mass is 300 g/mol. The zero-order chi connectivity index (χ0) is 14.6. The topological polar surface area (TPSA) is 44.8 Å². The van der Waals surface area contributed by atoms with Gasteiger partial charge in [-0.1, -0.05) is 0 Å². The Kier molecular flexibility index (Phi) is 6.52. The summed E-state index contributed by atoms with van der Waals surface area (Å²) in [5.74, 6) is 0.970. The fourth-order valence-corrected chi connectivity index (χ4v) is 11.5. The number of rotatable bonds is 8. The molecule has 0 bridgehead atoms. The third-order valence-electron chi connectivity index (χ3n) is 2.69. The first kappa shape index (κ1) is 18.5. The maximum absolute atomic E-state index is 12.3. The SMILES string of the molecule is COP(=O)(OC)OP(C)(C)(CC(C)C)CC(C)C. The van der Waals surface area contributed by atoms with Crippen molar-refractivity contribution in [1.82, 2.24) is 0 Å². The Morgan fingerprint density at radius 2 is 1.28 bits per heavy atom. The van der Waals surface area contributed by atoms with Crippen molar-refractivity contribution in [3.63, 3.8) is 0 Å². The molecule has 0 radical (unpaired) electrons. The Labute approximate surface area is 112 Å². The van der Waals surface area contributed by atoms with Crippen LogP contribution in [0, 0.1) is 11.8 Å². The van der Waals surface area contributed by atoms with Gasteiger partial charge in [-0.3, -0.25) is 0 Å². The third kappa shape index (κ3) is 6.12.